The zero-order valence-corrected chi connectivity index (χ0v) is 47.1. The minimum absolute atomic E-state index is 0.0264. The highest BCUT2D eigenvalue weighted by Crippen LogP contribution is 2.71. The van der Waals surface area contributed by atoms with E-state index in [1.54, 1.807) is 13.8 Å². The fourth-order valence-electron chi connectivity index (χ4n) is 16.0. The molecule has 0 amide bonds. The van der Waals surface area contributed by atoms with Crippen molar-refractivity contribution < 1.29 is 117 Å². The molecule has 6 saturated heterocycles. The summed E-state index contributed by atoms with van der Waals surface area (Å²) < 4.78 is 79.7. The van der Waals surface area contributed by atoms with Crippen molar-refractivity contribution in [2.45, 2.75) is 248 Å². The lowest BCUT2D eigenvalue weighted by atomic mass is 9.46. The van der Waals surface area contributed by atoms with Crippen LogP contribution in [-0.4, -0.2) is 207 Å². The van der Waals surface area contributed by atoms with Crippen molar-refractivity contribution in [1.29, 1.82) is 0 Å². The Morgan fingerprint density at radius 2 is 1.48 bits per heavy atom. The van der Waals surface area contributed by atoms with Crippen LogP contribution in [0.5, 0.6) is 0 Å². The fourth-order valence-corrected chi connectivity index (χ4v) is 16.0. The standard InChI is InChI=1S/C56H82O24/c1-12-53(10,67)47-48(66)80-56(79-47)25(5)71-49(39(63)45(56)64)76-40-22(2)20-69-55(46(40)65)23(3)37-35(78-55)19-33-31-14-13-29-17-30(60)18-36(54(29,11)32(31)15-16-52(33,37)9)75-50-42(38(62)34(61)21-68-50)77-51-44(74-28(8)59)43(73-27(7)58)41(24(4)70-51)72-26(6)57/h13,23-25,30-47,49-51,60-65,67H,2,12,14-21H2,1,3-11H3/t23-,24-,25+,30+,31+,32-,33-,34-,35-,36+,37-,38-,39+,40-,41-,42+,43+,44+,45+,46-,47-,49-,50-,51-,52-,53-,54-,55-,56-/m0/s1. The molecule has 6 aliphatic heterocycles. The van der Waals surface area contributed by atoms with Crippen LogP contribution in [0.1, 0.15) is 114 Å². The average Bonchev–Trinajstić information content (AvgIpc) is 4.20. The lowest BCUT2D eigenvalue weighted by Gasteiger charge is -2.60. The molecule has 0 aromatic heterocycles. The third-order valence-electron chi connectivity index (χ3n) is 20.2. The highest BCUT2D eigenvalue weighted by Gasteiger charge is 2.73. The molecule has 450 valence electrons. The molecule has 9 fully saturated rings. The Bertz CT molecular complexity index is 2420. The smallest absolute Gasteiger partial charge is 0.341 e. The normalized spacial score (nSPS) is 51.5. The lowest BCUT2D eigenvalue weighted by Crippen LogP contribution is -2.68. The van der Waals surface area contributed by atoms with Crippen molar-refractivity contribution in [3.63, 3.8) is 0 Å². The second kappa shape index (κ2) is 21.7. The third-order valence-corrected chi connectivity index (χ3v) is 20.2. The van der Waals surface area contributed by atoms with Crippen LogP contribution < -0.4 is 0 Å². The van der Waals surface area contributed by atoms with Crippen LogP contribution in [0.15, 0.2) is 23.8 Å². The molecule has 0 radical (unpaired) electrons. The Kier molecular flexibility index (Phi) is 16.2. The van der Waals surface area contributed by atoms with Crippen LogP contribution in [0.2, 0.25) is 0 Å². The molecule has 24 heteroatoms. The molecular formula is C56H82O24. The van der Waals surface area contributed by atoms with Crippen molar-refractivity contribution in [2.75, 3.05) is 13.2 Å². The Labute approximate surface area is 464 Å². The summed E-state index contributed by atoms with van der Waals surface area (Å²) in [6.07, 6.45) is -19.3. The van der Waals surface area contributed by atoms with E-state index in [0.717, 1.165) is 45.6 Å². The van der Waals surface area contributed by atoms with Gasteiger partial charge in [0, 0.05) is 38.5 Å². The van der Waals surface area contributed by atoms with Gasteiger partial charge in [0.1, 0.15) is 42.7 Å². The van der Waals surface area contributed by atoms with Crippen molar-refractivity contribution in [1.82, 2.24) is 0 Å². The van der Waals surface area contributed by atoms with Crippen LogP contribution >= 0.6 is 0 Å². The maximum absolute atomic E-state index is 13.0. The second-order valence-electron chi connectivity index (χ2n) is 25.0. The summed E-state index contributed by atoms with van der Waals surface area (Å²) in [7, 11) is 0. The van der Waals surface area contributed by atoms with Crippen LogP contribution in [0, 0.1) is 40.4 Å². The van der Waals surface area contributed by atoms with Crippen LogP contribution in [-0.2, 0) is 80.8 Å². The van der Waals surface area contributed by atoms with Gasteiger partial charge in [-0.1, -0.05) is 45.9 Å². The number of hydrogen-bond acceptors (Lipinski definition) is 24. The van der Waals surface area contributed by atoms with Crippen molar-refractivity contribution in [3.8, 4) is 0 Å². The minimum atomic E-state index is -2.16. The summed E-state index contributed by atoms with van der Waals surface area (Å²) in [4.78, 5) is 50.1. The Morgan fingerprint density at radius 1 is 0.800 bits per heavy atom. The van der Waals surface area contributed by atoms with Gasteiger partial charge in [0.05, 0.1) is 43.2 Å². The number of ether oxygens (including phenoxy) is 13. The highest BCUT2D eigenvalue weighted by molar-refractivity contribution is 5.78. The van der Waals surface area contributed by atoms with E-state index in [-0.39, 0.29) is 61.2 Å². The monoisotopic (exact) mass is 1140 g/mol. The topological polar surface area (TPSA) is 330 Å². The van der Waals surface area contributed by atoms with Gasteiger partial charge in [-0.2, -0.15) is 0 Å². The number of rotatable bonds is 11. The third kappa shape index (κ3) is 9.69. The average molecular weight is 1140 g/mol. The number of hydrogen-bond donors (Lipinski definition) is 7. The molecule has 29 atom stereocenters. The van der Waals surface area contributed by atoms with E-state index in [9.17, 15) is 54.9 Å². The number of fused-ring (bicyclic) bond motifs is 7. The van der Waals surface area contributed by atoms with Gasteiger partial charge in [-0.15, -0.1) is 0 Å². The molecule has 10 aliphatic rings. The fraction of sp³-hybridized carbons (Fsp3) is 0.857. The molecule has 80 heavy (non-hydrogen) atoms. The van der Waals surface area contributed by atoms with E-state index in [0.29, 0.717) is 18.4 Å². The summed E-state index contributed by atoms with van der Waals surface area (Å²) in [6.45, 7) is 19.7. The predicted molar refractivity (Wildman–Crippen MR) is 268 cm³/mol. The maximum atomic E-state index is 13.0. The van der Waals surface area contributed by atoms with Crippen molar-refractivity contribution in [2.24, 2.45) is 40.4 Å². The number of carbonyl (C=O) groups is 4. The first-order valence-corrected chi connectivity index (χ1v) is 28.3. The zero-order chi connectivity index (χ0) is 58.1. The number of allylic oxidation sites excluding steroid dienone is 1. The van der Waals surface area contributed by atoms with Crippen LogP contribution in [0.25, 0.3) is 0 Å². The molecule has 4 aliphatic carbocycles. The van der Waals surface area contributed by atoms with Gasteiger partial charge in [-0.3, -0.25) is 14.4 Å². The number of esters is 4. The van der Waals surface area contributed by atoms with E-state index >= 15 is 0 Å². The molecule has 7 N–H and O–H groups in total. The molecule has 0 unspecified atom stereocenters. The van der Waals surface area contributed by atoms with Gasteiger partial charge >= 0.3 is 23.9 Å². The molecule has 3 saturated carbocycles. The molecule has 2 spiro atoms. The predicted octanol–water partition coefficient (Wildman–Crippen LogP) is 0.864. The molecular weight excluding hydrogens is 1060 g/mol. The lowest BCUT2D eigenvalue weighted by molar-refractivity contribution is -0.393. The zero-order valence-electron chi connectivity index (χ0n) is 47.1. The number of carbonyl (C=O) groups excluding carboxylic acids is 4. The van der Waals surface area contributed by atoms with E-state index in [2.05, 4.69) is 26.5 Å². The van der Waals surface area contributed by atoms with Crippen LogP contribution in [0.3, 0.4) is 0 Å². The summed E-state index contributed by atoms with van der Waals surface area (Å²) in [5.41, 5.74) is -1.27. The van der Waals surface area contributed by atoms with Gasteiger partial charge < -0.3 is 97.3 Å². The first-order valence-electron chi connectivity index (χ1n) is 28.3. The van der Waals surface area contributed by atoms with Crippen molar-refractivity contribution in [3.05, 3.63) is 23.8 Å². The van der Waals surface area contributed by atoms with Gasteiger partial charge in [-0.25, -0.2) is 4.79 Å². The molecule has 0 aromatic rings. The van der Waals surface area contributed by atoms with E-state index in [1.807, 2.05) is 6.92 Å². The van der Waals surface area contributed by atoms with E-state index < -0.39 is 163 Å². The molecule has 24 nitrogen and oxygen atoms in total. The SMILES string of the molecule is C=C1CO[C@@]2(O[C@H]3C[C@H]4[C@@H]5CC=C6C[C@@H](O)C[C@@H](O[C@@H]7OC[C@H](O)[C@H](O)[C@H]7O[C@@H]7O[C@@H](C)[C@H](OC(C)=O)[C@@H](OC(C)=O)[C@H]7OC(C)=O)[C@]6(C)[C@H]5CC[C@]4(C)[C@H]3[C@@H]2C)[C@@H](O)[C@H]1O[C@@H]1O[C@H](C)[C@]2(OC(=O)[C@@H]([C@@](C)(O)CC)O2)[C@H](O)[C@H]1O. The summed E-state index contributed by atoms with van der Waals surface area (Å²) in [6, 6.07) is 0. The van der Waals surface area contributed by atoms with Gasteiger partial charge in [0.2, 0.25) is 5.79 Å². The summed E-state index contributed by atoms with van der Waals surface area (Å²) in [5.74, 6) is -7.17. The second-order valence-corrected chi connectivity index (χ2v) is 25.0. The van der Waals surface area contributed by atoms with Gasteiger partial charge in [0.15, 0.2) is 49.4 Å². The first kappa shape index (κ1) is 59.9. The summed E-state index contributed by atoms with van der Waals surface area (Å²) in [5, 5.41) is 80.5. The van der Waals surface area contributed by atoms with Gasteiger partial charge in [0.25, 0.3) is 5.79 Å². The quantitative estimate of drug-likeness (QED) is 0.0857. The molecule has 6 heterocycles. The Hall–Kier alpha value is -3.28. The maximum Gasteiger partial charge on any atom is 0.341 e. The molecule has 0 bridgehead atoms. The first-order chi connectivity index (χ1) is 37.5. The largest absolute Gasteiger partial charge is 0.456 e. The van der Waals surface area contributed by atoms with Crippen LogP contribution in [0.4, 0.5) is 0 Å². The minimum Gasteiger partial charge on any atom is -0.456 e. The van der Waals surface area contributed by atoms with E-state index in [4.69, 9.17) is 61.6 Å². The highest BCUT2D eigenvalue weighted by atomic mass is 16.8. The van der Waals surface area contributed by atoms with E-state index in [1.165, 1.54) is 13.8 Å². The number of aliphatic hydroxyl groups is 7. The molecule has 0 aromatic carbocycles. The molecule has 10 rings (SSSR count). The van der Waals surface area contributed by atoms with Crippen molar-refractivity contribution >= 4 is 23.9 Å². The van der Waals surface area contributed by atoms with Gasteiger partial charge in [-0.05, 0) is 94.0 Å². The Morgan fingerprint density at radius 3 is 2.15 bits per heavy atom. The Balaban J connectivity index is 0.856. The number of aliphatic hydroxyl groups excluding tert-OH is 6. The summed E-state index contributed by atoms with van der Waals surface area (Å²) >= 11 is 0.